The van der Waals surface area contributed by atoms with E-state index in [0.717, 1.165) is 5.56 Å². The van der Waals surface area contributed by atoms with E-state index in [2.05, 4.69) is 20.8 Å². The second-order valence-corrected chi connectivity index (χ2v) is 8.52. The summed E-state index contributed by atoms with van der Waals surface area (Å²) >= 11 is 7.24. The molecule has 0 saturated carbocycles. The summed E-state index contributed by atoms with van der Waals surface area (Å²) in [6.07, 6.45) is 0. The number of nitrogens with one attached hydrogen (secondary N) is 2. The Morgan fingerprint density at radius 3 is 2.72 bits per heavy atom. The molecule has 0 aliphatic carbocycles. The van der Waals surface area contributed by atoms with Crippen molar-refractivity contribution < 1.29 is 14.3 Å². The molecule has 0 aliphatic rings. The van der Waals surface area contributed by atoms with Gasteiger partial charge in [-0.05, 0) is 44.2 Å². The van der Waals surface area contributed by atoms with Gasteiger partial charge in [0.1, 0.15) is 5.75 Å². The molecule has 3 rings (SSSR count). The quantitative estimate of drug-likeness (QED) is 0.480. The topological polar surface area (TPSA) is 98.1 Å². The van der Waals surface area contributed by atoms with Crippen molar-refractivity contribution in [2.24, 2.45) is 7.05 Å². The number of ether oxygens (including phenoxy) is 1. The van der Waals surface area contributed by atoms with Crippen LogP contribution in [0.2, 0.25) is 5.02 Å². The Hall–Kier alpha value is -3.04. The van der Waals surface area contributed by atoms with E-state index >= 15 is 0 Å². The monoisotopic (exact) mass is 473 g/mol. The minimum absolute atomic E-state index is 0.117. The van der Waals surface area contributed by atoms with E-state index in [0.29, 0.717) is 33.0 Å². The Morgan fingerprint density at radius 2 is 2.00 bits per heavy atom. The summed E-state index contributed by atoms with van der Waals surface area (Å²) in [6.45, 7) is 3.77. The molecule has 1 heterocycles. The van der Waals surface area contributed by atoms with Crippen molar-refractivity contribution in [3.8, 4) is 5.75 Å². The summed E-state index contributed by atoms with van der Waals surface area (Å²) < 4.78 is 7.00. The zero-order chi connectivity index (χ0) is 23.3. The molecule has 2 amide bonds. The summed E-state index contributed by atoms with van der Waals surface area (Å²) in [5.41, 5.74) is 2.09. The van der Waals surface area contributed by atoms with Crippen LogP contribution < -0.4 is 15.4 Å². The first-order chi connectivity index (χ1) is 15.3. The molecule has 0 unspecified atom stereocenters. The first-order valence-corrected chi connectivity index (χ1v) is 11.2. The molecule has 0 saturated heterocycles. The van der Waals surface area contributed by atoms with Crippen molar-refractivity contribution in [3.63, 3.8) is 0 Å². The molecule has 168 valence electrons. The molecule has 32 heavy (non-hydrogen) atoms. The van der Waals surface area contributed by atoms with Crippen LogP contribution in [0.25, 0.3) is 0 Å². The Balaban J connectivity index is 1.60. The average Bonchev–Trinajstić information content (AvgIpc) is 3.13. The first-order valence-electron chi connectivity index (χ1n) is 9.81. The molecule has 2 N–H and O–H groups in total. The fourth-order valence-corrected chi connectivity index (χ4v) is 3.94. The van der Waals surface area contributed by atoms with Gasteiger partial charge in [-0.25, -0.2) is 0 Å². The van der Waals surface area contributed by atoms with E-state index in [1.165, 1.54) is 18.9 Å². The van der Waals surface area contributed by atoms with Crippen LogP contribution in [0.3, 0.4) is 0 Å². The lowest BCUT2D eigenvalue weighted by molar-refractivity contribution is -0.113. The zero-order valence-corrected chi connectivity index (χ0v) is 19.8. The number of carbonyl (C=O) groups excluding carboxylic acids is 2. The highest BCUT2D eigenvalue weighted by molar-refractivity contribution is 7.99. The number of hydrogen-bond donors (Lipinski definition) is 2. The van der Waals surface area contributed by atoms with Gasteiger partial charge >= 0.3 is 0 Å². The van der Waals surface area contributed by atoms with Gasteiger partial charge < -0.3 is 19.9 Å². The van der Waals surface area contributed by atoms with Crippen molar-refractivity contribution in [2.75, 3.05) is 18.2 Å². The third-order valence-corrected chi connectivity index (χ3v) is 5.91. The molecule has 0 aliphatic heterocycles. The van der Waals surface area contributed by atoms with Crippen LogP contribution in [0.4, 0.5) is 5.69 Å². The number of nitrogens with zero attached hydrogens (tertiary/aromatic N) is 3. The summed E-state index contributed by atoms with van der Waals surface area (Å²) in [6, 6.07) is 12.0. The van der Waals surface area contributed by atoms with Gasteiger partial charge in [0.25, 0.3) is 5.91 Å². The highest BCUT2D eigenvalue weighted by atomic mass is 35.5. The molecule has 0 bridgehead atoms. The molecule has 3 aromatic rings. The van der Waals surface area contributed by atoms with Crippen LogP contribution in [-0.2, 0) is 11.8 Å². The fourth-order valence-electron chi connectivity index (χ4n) is 3.05. The minimum Gasteiger partial charge on any atom is -0.495 e. The largest absolute Gasteiger partial charge is 0.495 e. The Bertz CT molecular complexity index is 1130. The van der Waals surface area contributed by atoms with E-state index in [9.17, 15) is 9.59 Å². The van der Waals surface area contributed by atoms with E-state index < -0.39 is 0 Å². The smallest absolute Gasteiger partial charge is 0.251 e. The number of hydrogen-bond acceptors (Lipinski definition) is 6. The van der Waals surface area contributed by atoms with Crippen LogP contribution in [0, 0.1) is 6.92 Å². The van der Waals surface area contributed by atoms with Crippen molar-refractivity contribution >= 4 is 40.9 Å². The molecule has 1 aromatic heterocycles. The van der Waals surface area contributed by atoms with Crippen LogP contribution in [0.5, 0.6) is 5.75 Å². The van der Waals surface area contributed by atoms with E-state index in [-0.39, 0.29) is 23.6 Å². The second-order valence-electron chi connectivity index (χ2n) is 7.15. The lowest BCUT2D eigenvalue weighted by atomic mass is 10.1. The number of methoxy groups -OCH3 is 1. The summed E-state index contributed by atoms with van der Waals surface area (Å²) in [4.78, 5) is 24.9. The van der Waals surface area contributed by atoms with E-state index in [1.807, 2.05) is 32.0 Å². The van der Waals surface area contributed by atoms with Crippen LogP contribution >= 0.6 is 23.4 Å². The predicted molar refractivity (Wildman–Crippen MR) is 125 cm³/mol. The second kappa shape index (κ2) is 10.5. The molecule has 0 radical (unpaired) electrons. The van der Waals surface area contributed by atoms with Crippen molar-refractivity contribution in [3.05, 3.63) is 64.4 Å². The molecular formula is C22H24ClN5O3S. The van der Waals surface area contributed by atoms with Gasteiger partial charge in [-0.3, -0.25) is 9.59 Å². The lowest BCUT2D eigenvalue weighted by Gasteiger charge is -2.14. The van der Waals surface area contributed by atoms with Gasteiger partial charge in [0.2, 0.25) is 5.91 Å². The molecule has 0 fully saturated rings. The van der Waals surface area contributed by atoms with Crippen LogP contribution in [0.1, 0.15) is 34.7 Å². The van der Waals surface area contributed by atoms with Crippen molar-refractivity contribution in [2.45, 2.75) is 25.0 Å². The van der Waals surface area contributed by atoms with Crippen molar-refractivity contribution in [1.82, 2.24) is 20.1 Å². The van der Waals surface area contributed by atoms with E-state index in [4.69, 9.17) is 16.3 Å². The number of aryl methyl sites for hydroxylation is 1. The molecule has 1 atom stereocenters. The summed E-state index contributed by atoms with van der Waals surface area (Å²) in [5, 5.41) is 15.1. The highest BCUT2D eigenvalue weighted by Gasteiger charge is 2.19. The fraction of sp³-hybridized carbons (Fsp3) is 0.273. The SMILES string of the molecule is COc1ccc(Cl)cc1NC(=O)CSc1nnc([C@H](C)NC(=O)c2cccc(C)c2)n1C. The number of anilines is 1. The minimum atomic E-state index is -0.362. The van der Waals surface area contributed by atoms with Crippen molar-refractivity contribution in [1.29, 1.82) is 0 Å². The number of halogens is 1. The third kappa shape index (κ3) is 5.80. The van der Waals surface area contributed by atoms with Gasteiger partial charge in [-0.1, -0.05) is 41.1 Å². The zero-order valence-electron chi connectivity index (χ0n) is 18.2. The Labute approximate surface area is 195 Å². The molecular weight excluding hydrogens is 450 g/mol. The number of aromatic nitrogens is 3. The van der Waals surface area contributed by atoms with Crippen LogP contribution in [0.15, 0.2) is 47.6 Å². The number of amides is 2. The third-order valence-electron chi connectivity index (χ3n) is 4.65. The summed E-state index contributed by atoms with van der Waals surface area (Å²) in [5.74, 6) is 0.803. The van der Waals surface area contributed by atoms with E-state index in [1.54, 1.807) is 35.9 Å². The van der Waals surface area contributed by atoms with Gasteiger partial charge in [0.15, 0.2) is 11.0 Å². The van der Waals surface area contributed by atoms with Gasteiger partial charge in [0, 0.05) is 17.6 Å². The maximum absolute atomic E-state index is 12.5. The normalized spacial score (nSPS) is 11.7. The molecule has 10 heteroatoms. The van der Waals surface area contributed by atoms with Gasteiger partial charge in [0.05, 0.1) is 24.6 Å². The summed E-state index contributed by atoms with van der Waals surface area (Å²) in [7, 11) is 3.32. The number of benzene rings is 2. The first kappa shape index (κ1) is 23.6. The average molecular weight is 474 g/mol. The molecule has 2 aromatic carbocycles. The Morgan fingerprint density at radius 1 is 1.22 bits per heavy atom. The van der Waals surface area contributed by atoms with Gasteiger partial charge in [-0.15, -0.1) is 10.2 Å². The maximum atomic E-state index is 12.5. The maximum Gasteiger partial charge on any atom is 0.251 e. The number of rotatable bonds is 8. The van der Waals surface area contributed by atoms with Crippen LogP contribution in [-0.4, -0.2) is 39.4 Å². The predicted octanol–water partition coefficient (Wildman–Crippen LogP) is 4.01. The standard InChI is InChI=1S/C22H24ClN5O3S/c1-13-6-5-7-15(10-13)21(30)24-14(2)20-26-27-22(28(20)3)32-12-19(29)25-17-11-16(23)8-9-18(17)31-4/h5-11,14H,12H2,1-4H3,(H,24,30)(H,25,29)/t14-/m0/s1. The molecule has 8 nitrogen and oxygen atoms in total. The molecule has 0 spiro atoms. The Kier molecular flexibility index (Phi) is 7.76. The number of carbonyl (C=O) groups is 2. The number of thioether (sulfide) groups is 1. The van der Waals surface area contributed by atoms with Gasteiger partial charge in [-0.2, -0.15) is 0 Å². The highest BCUT2D eigenvalue weighted by Crippen LogP contribution is 2.28. The lowest BCUT2D eigenvalue weighted by Crippen LogP contribution is -2.28.